The van der Waals surface area contributed by atoms with Crippen molar-refractivity contribution in [1.29, 1.82) is 0 Å². The number of nitrogens with zero attached hydrogens (tertiary/aromatic N) is 1. The van der Waals surface area contributed by atoms with E-state index in [1.54, 1.807) is 0 Å². The Labute approximate surface area is 127 Å². The van der Waals surface area contributed by atoms with Gasteiger partial charge in [0.1, 0.15) is 0 Å². The smallest absolute Gasteiger partial charge is 0.0252 e. The maximum atomic E-state index is 3.76. The van der Waals surface area contributed by atoms with Crippen molar-refractivity contribution in [2.75, 3.05) is 19.6 Å². The highest BCUT2D eigenvalue weighted by atomic mass is 15.2. The van der Waals surface area contributed by atoms with Gasteiger partial charge in [-0.15, -0.1) is 0 Å². The van der Waals surface area contributed by atoms with E-state index in [0.717, 1.165) is 30.3 Å². The highest BCUT2D eigenvalue weighted by molar-refractivity contribution is 4.91. The Bertz CT molecular complexity index is 240. The lowest BCUT2D eigenvalue weighted by Gasteiger charge is -2.44. The van der Waals surface area contributed by atoms with Crippen molar-refractivity contribution >= 4 is 0 Å². The molecule has 0 saturated heterocycles. The van der Waals surface area contributed by atoms with Crippen molar-refractivity contribution in [3.05, 3.63) is 0 Å². The average molecular weight is 283 g/mol. The van der Waals surface area contributed by atoms with Crippen LogP contribution < -0.4 is 5.32 Å². The fourth-order valence-corrected chi connectivity index (χ4v) is 3.79. The molecule has 1 rings (SSSR count). The van der Waals surface area contributed by atoms with Crippen LogP contribution in [0.1, 0.15) is 67.2 Å². The lowest BCUT2D eigenvalue weighted by atomic mass is 9.79. The SMILES string of the molecule is CCNC1CCC(CC)CC1N(CC(C)C)CC(C)C. The van der Waals surface area contributed by atoms with Crippen molar-refractivity contribution < 1.29 is 0 Å². The maximum Gasteiger partial charge on any atom is 0.0252 e. The zero-order valence-corrected chi connectivity index (χ0v) is 14.8. The molecule has 3 unspecified atom stereocenters. The molecule has 0 aliphatic heterocycles. The van der Waals surface area contributed by atoms with Crippen LogP contribution in [0, 0.1) is 17.8 Å². The zero-order valence-electron chi connectivity index (χ0n) is 14.8. The highest BCUT2D eigenvalue weighted by Crippen LogP contribution is 2.31. The van der Waals surface area contributed by atoms with Gasteiger partial charge in [0.2, 0.25) is 0 Å². The normalized spacial score (nSPS) is 27.8. The number of hydrogen-bond donors (Lipinski definition) is 1. The first-order valence-corrected chi connectivity index (χ1v) is 8.95. The second kappa shape index (κ2) is 9.04. The molecular formula is C18H38N2. The first-order valence-electron chi connectivity index (χ1n) is 8.95. The summed E-state index contributed by atoms with van der Waals surface area (Å²) in [6.45, 7) is 17.6. The summed E-state index contributed by atoms with van der Waals surface area (Å²) < 4.78 is 0. The summed E-state index contributed by atoms with van der Waals surface area (Å²) in [7, 11) is 0. The molecule has 0 spiro atoms. The minimum Gasteiger partial charge on any atom is -0.313 e. The number of nitrogens with one attached hydrogen (secondary N) is 1. The molecule has 0 aromatic heterocycles. The standard InChI is InChI=1S/C18H38N2/c1-7-16-9-10-17(19-8-2)18(11-16)20(12-14(3)4)13-15(5)6/h14-19H,7-13H2,1-6H3. The molecule has 1 saturated carbocycles. The molecule has 0 heterocycles. The molecule has 0 aromatic rings. The van der Waals surface area contributed by atoms with Crippen LogP contribution in [0.4, 0.5) is 0 Å². The molecule has 2 heteroatoms. The Morgan fingerprint density at radius 2 is 1.60 bits per heavy atom. The third kappa shape index (κ3) is 5.73. The van der Waals surface area contributed by atoms with Gasteiger partial charge in [0.05, 0.1) is 0 Å². The molecule has 20 heavy (non-hydrogen) atoms. The van der Waals surface area contributed by atoms with Gasteiger partial charge < -0.3 is 5.32 Å². The maximum absolute atomic E-state index is 3.76. The predicted molar refractivity (Wildman–Crippen MR) is 90.1 cm³/mol. The van der Waals surface area contributed by atoms with E-state index in [9.17, 15) is 0 Å². The molecule has 1 aliphatic carbocycles. The summed E-state index contributed by atoms with van der Waals surface area (Å²) in [6.07, 6.45) is 5.53. The fraction of sp³-hybridized carbons (Fsp3) is 1.00. The van der Waals surface area contributed by atoms with Crippen molar-refractivity contribution in [1.82, 2.24) is 10.2 Å². The van der Waals surface area contributed by atoms with Crippen LogP contribution in [0.2, 0.25) is 0 Å². The quantitative estimate of drug-likeness (QED) is 0.719. The van der Waals surface area contributed by atoms with E-state index in [4.69, 9.17) is 0 Å². The first kappa shape index (κ1) is 18.0. The predicted octanol–water partition coefficient (Wildman–Crippen LogP) is 4.16. The highest BCUT2D eigenvalue weighted by Gasteiger charge is 2.33. The topological polar surface area (TPSA) is 15.3 Å². The molecule has 0 amide bonds. The van der Waals surface area contributed by atoms with Crippen molar-refractivity contribution in [2.24, 2.45) is 17.8 Å². The van der Waals surface area contributed by atoms with E-state index >= 15 is 0 Å². The first-order chi connectivity index (χ1) is 9.47. The van der Waals surface area contributed by atoms with Crippen LogP contribution in [-0.4, -0.2) is 36.6 Å². The van der Waals surface area contributed by atoms with E-state index in [2.05, 4.69) is 51.8 Å². The summed E-state index contributed by atoms with van der Waals surface area (Å²) >= 11 is 0. The molecule has 1 aliphatic rings. The third-order valence-electron chi connectivity index (χ3n) is 4.64. The van der Waals surface area contributed by atoms with Gasteiger partial charge in [0.15, 0.2) is 0 Å². The number of rotatable bonds is 8. The second-order valence-corrected chi connectivity index (χ2v) is 7.56. The zero-order chi connectivity index (χ0) is 15.1. The average Bonchev–Trinajstić information content (AvgIpc) is 2.37. The van der Waals surface area contributed by atoms with Crippen molar-refractivity contribution in [3.8, 4) is 0 Å². The minimum absolute atomic E-state index is 0.709. The van der Waals surface area contributed by atoms with Gasteiger partial charge in [-0.25, -0.2) is 0 Å². The van der Waals surface area contributed by atoms with Crippen LogP contribution in [-0.2, 0) is 0 Å². The van der Waals surface area contributed by atoms with Gasteiger partial charge in [-0.1, -0.05) is 48.0 Å². The van der Waals surface area contributed by atoms with E-state index in [-0.39, 0.29) is 0 Å². The largest absolute Gasteiger partial charge is 0.313 e. The van der Waals surface area contributed by atoms with Gasteiger partial charge in [-0.3, -0.25) is 4.90 Å². The Balaban J connectivity index is 2.78. The molecule has 0 radical (unpaired) electrons. The van der Waals surface area contributed by atoms with E-state index in [1.807, 2.05) is 0 Å². The molecule has 2 nitrogen and oxygen atoms in total. The summed E-state index contributed by atoms with van der Waals surface area (Å²) in [5, 5.41) is 3.76. The van der Waals surface area contributed by atoms with Crippen LogP contribution in [0.3, 0.4) is 0 Å². The van der Waals surface area contributed by atoms with Crippen LogP contribution in [0.15, 0.2) is 0 Å². The van der Waals surface area contributed by atoms with Gasteiger partial charge in [-0.2, -0.15) is 0 Å². The molecule has 120 valence electrons. The molecule has 0 bridgehead atoms. The van der Waals surface area contributed by atoms with Gasteiger partial charge in [0, 0.05) is 25.2 Å². The molecule has 3 atom stereocenters. The number of likely N-dealkylation sites (N-methyl/N-ethyl adjacent to an activating group) is 1. The van der Waals surface area contributed by atoms with E-state index in [1.165, 1.54) is 38.8 Å². The van der Waals surface area contributed by atoms with Crippen molar-refractivity contribution in [2.45, 2.75) is 79.3 Å². The van der Waals surface area contributed by atoms with Gasteiger partial charge >= 0.3 is 0 Å². The lowest BCUT2D eigenvalue weighted by molar-refractivity contribution is 0.0757. The van der Waals surface area contributed by atoms with Gasteiger partial charge in [-0.05, 0) is 43.6 Å². The summed E-state index contributed by atoms with van der Waals surface area (Å²) in [4.78, 5) is 2.80. The molecule has 1 fully saturated rings. The van der Waals surface area contributed by atoms with Crippen molar-refractivity contribution in [3.63, 3.8) is 0 Å². The monoisotopic (exact) mass is 282 g/mol. The van der Waals surface area contributed by atoms with Crippen LogP contribution in [0.5, 0.6) is 0 Å². The summed E-state index contributed by atoms with van der Waals surface area (Å²) in [6, 6.07) is 1.46. The Morgan fingerprint density at radius 3 is 2.05 bits per heavy atom. The second-order valence-electron chi connectivity index (χ2n) is 7.56. The molecule has 0 aromatic carbocycles. The minimum atomic E-state index is 0.709. The fourth-order valence-electron chi connectivity index (χ4n) is 3.79. The Kier molecular flexibility index (Phi) is 8.13. The van der Waals surface area contributed by atoms with E-state index in [0.29, 0.717) is 6.04 Å². The lowest BCUT2D eigenvalue weighted by Crippen LogP contribution is -2.54. The molecular weight excluding hydrogens is 244 g/mol. The van der Waals surface area contributed by atoms with Crippen LogP contribution in [0.25, 0.3) is 0 Å². The molecule has 1 N–H and O–H groups in total. The number of hydrogen-bond acceptors (Lipinski definition) is 2. The third-order valence-corrected chi connectivity index (χ3v) is 4.64. The van der Waals surface area contributed by atoms with Gasteiger partial charge in [0.25, 0.3) is 0 Å². The van der Waals surface area contributed by atoms with E-state index < -0.39 is 0 Å². The van der Waals surface area contributed by atoms with Crippen LogP contribution >= 0.6 is 0 Å². The summed E-state index contributed by atoms with van der Waals surface area (Å²) in [5.41, 5.74) is 0. The Hall–Kier alpha value is -0.0800. The Morgan fingerprint density at radius 1 is 1.00 bits per heavy atom. The summed E-state index contributed by atoms with van der Waals surface area (Å²) in [5.74, 6) is 2.47.